The summed E-state index contributed by atoms with van der Waals surface area (Å²) in [7, 11) is 0. The zero-order chi connectivity index (χ0) is 26.0. The molecule has 1 aliphatic rings. The molecule has 2 aromatic carbocycles. The van der Waals surface area contributed by atoms with Crippen molar-refractivity contribution in [3.05, 3.63) is 75.3 Å². The second-order valence-corrected chi connectivity index (χ2v) is 9.85. The summed E-state index contributed by atoms with van der Waals surface area (Å²) in [5.74, 6) is -0.822. The Kier molecular flexibility index (Phi) is 7.59. The number of fused-ring (bicyclic) bond motifs is 1. The number of hydrogen-bond acceptors (Lipinski definition) is 5. The number of benzene rings is 2. The van der Waals surface area contributed by atoms with Crippen LogP contribution in [0.1, 0.15) is 36.7 Å². The zero-order valence-electron chi connectivity index (χ0n) is 20.3. The van der Waals surface area contributed by atoms with Crippen molar-refractivity contribution in [3.63, 3.8) is 0 Å². The van der Waals surface area contributed by atoms with Crippen LogP contribution in [0.4, 0.5) is 10.1 Å². The molecular weight excluding hydrogens is 529 g/mol. The fourth-order valence-corrected chi connectivity index (χ4v) is 4.49. The predicted octanol–water partition coefficient (Wildman–Crippen LogP) is 4.73. The Balaban J connectivity index is 1.73. The molecule has 0 radical (unpaired) electrons. The lowest BCUT2D eigenvalue weighted by Gasteiger charge is -2.36. The smallest absolute Gasteiger partial charge is 0.268 e. The molecule has 4 rings (SSSR count). The van der Waals surface area contributed by atoms with Gasteiger partial charge in [0.2, 0.25) is 11.7 Å². The molecule has 0 aliphatic carbocycles. The van der Waals surface area contributed by atoms with Gasteiger partial charge in [0, 0.05) is 37.6 Å². The van der Waals surface area contributed by atoms with Crippen molar-refractivity contribution in [2.45, 2.75) is 26.9 Å². The standard InChI is InChI=1S/C27H27BrFN3O4/c1-17(2)36-27-25-20(15-23(29)26(27)31-12-10-30(11-13-31)18(3)33)14-21(16-32(25)35)24(34)9-6-19-4-7-22(28)8-5-19/h4-9,14-17H,10-13H2,1-3H3. The number of ketones is 1. The predicted molar refractivity (Wildman–Crippen MR) is 141 cm³/mol. The van der Waals surface area contributed by atoms with Crippen molar-refractivity contribution in [1.29, 1.82) is 0 Å². The molecular formula is C27H27BrFN3O4. The molecule has 1 amide bonds. The Morgan fingerprint density at radius 2 is 1.81 bits per heavy atom. The van der Waals surface area contributed by atoms with Gasteiger partial charge in [0.25, 0.3) is 5.52 Å². The number of allylic oxidation sites excluding steroid dienone is 1. The summed E-state index contributed by atoms with van der Waals surface area (Å²) in [6.45, 7) is 6.82. The Bertz CT molecular complexity index is 1330. The van der Waals surface area contributed by atoms with Gasteiger partial charge in [-0.3, -0.25) is 9.59 Å². The molecule has 0 spiro atoms. The summed E-state index contributed by atoms with van der Waals surface area (Å²) in [4.78, 5) is 28.0. The third kappa shape index (κ3) is 5.51. The molecule has 2 heterocycles. The van der Waals surface area contributed by atoms with Gasteiger partial charge in [0.15, 0.2) is 17.8 Å². The highest BCUT2D eigenvalue weighted by molar-refractivity contribution is 9.10. The molecule has 9 heteroatoms. The van der Waals surface area contributed by atoms with Crippen LogP contribution in [0, 0.1) is 11.0 Å². The second kappa shape index (κ2) is 10.7. The van der Waals surface area contributed by atoms with Crippen molar-refractivity contribution in [1.82, 2.24) is 4.90 Å². The zero-order valence-corrected chi connectivity index (χ0v) is 21.9. The average molecular weight is 556 g/mol. The highest BCUT2D eigenvalue weighted by Crippen LogP contribution is 2.39. The normalized spacial score (nSPS) is 14.2. The molecule has 188 valence electrons. The first-order chi connectivity index (χ1) is 17.1. The maximum absolute atomic E-state index is 15.5. The minimum absolute atomic E-state index is 0.0314. The monoisotopic (exact) mass is 555 g/mol. The number of aromatic nitrogens is 1. The van der Waals surface area contributed by atoms with Gasteiger partial charge in [-0.1, -0.05) is 34.1 Å². The quantitative estimate of drug-likeness (QED) is 0.190. The van der Waals surface area contributed by atoms with Gasteiger partial charge in [0.1, 0.15) is 5.69 Å². The first kappa shape index (κ1) is 25.6. The Labute approximate surface area is 217 Å². The minimum Gasteiger partial charge on any atom is -0.618 e. The summed E-state index contributed by atoms with van der Waals surface area (Å²) in [6, 6.07) is 10.2. The van der Waals surface area contributed by atoms with Crippen molar-refractivity contribution < 1.29 is 23.4 Å². The van der Waals surface area contributed by atoms with Crippen molar-refractivity contribution >= 4 is 50.3 Å². The van der Waals surface area contributed by atoms with E-state index in [1.807, 2.05) is 24.3 Å². The lowest BCUT2D eigenvalue weighted by Crippen LogP contribution is -2.48. The first-order valence-corrected chi connectivity index (χ1v) is 12.5. The molecule has 0 unspecified atom stereocenters. The molecule has 1 saturated heterocycles. The minimum atomic E-state index is -0.551. The molecule has 1 aliphatic heterocycles. The summed E-state index contributed by atoms with van der Waals surface area (Å²) >= 11 is 3.37. The first-order valence-electron chi connectivity index (χ1n) is 11.7. The lowest BCUT2D eigenvalue weighted by atomic mass is 10.1. The van der Waals surface area contributed by atoms with E-state index in [0.29, 0.717) is 30.9 Å². The van der Waals surface area contributed by atoms with Crippen LogP contribution in [0.2, 0.25) is 0 Å². The molecule has 1 aromatic heterocycles. The summed E-state index contributed by atoms with van der Waals surface area (Å²) in [6.07, 6.45) is 3.92. The van der Waals surface area contributed by atoms with E-state index in [0.717, 1.165) is 10.0 Å². The van der Waals surface area contributed by atoms with E-state index in [4.69, 9.17) is 4.74 Å². The van der Waals surface area contributed by atoms with Crippen molar-refractivity contribution in [2.75, 3.05) is 31.1 Å². The fourth-order valence-electron chi connectivity index (χ4n) is 4.22. The molecule has 1 fully saturated rings. The summed E-state index contributed by atoms with van der Waals surface area (Å²) < 4.78 is 23.0. The molecule has 0 bridgehead atoms. The highest BCUT2D eigenvalue weighted by Gasteiger charge is 2.29. The summed E-state index contributed by atoms with van der Waals surface area (Å²) in [5, 5.41) is 13.4. The molecule has 0 saturated carbocycles. The maximum Gasteiger partial charge on any atom is 0.268 e. The Morgan fingerprint density at radius 3 is 2.42 bits per heavy atom. The summed E-state index contributed by atoms with van der Waals surface area (Å²) in [5.41, 5.74) is 1.32. The van der Waals surface area contributed by atoms with Crippen LogP contribution in [0.25, 0.3) is 17.0 Å². The number of hydrogen-bond donors (Lipinski definition) is 0. The highest BCUT2D eigenvalue weighted by atomic mass is 79.9. The second-order valence-electron chi connectivity index (χ2n) is 8.94. The topological polar surface area (TPSA) is 76.8 Å². The lowest BCUT2D eigenvalue weighted by molar-refractivity contribution is -0.577. The van der Waals surface area contributed by atoms with Gasteiger partial charge >= 0.3 is 0 Å². The number of piperazine rings is 1. The molecule has 3 aromatic rings. The van der Waals surface area contributed by atoms with Crippen LogP contribution in [0.15, 0.2) is 53.1 Å². The van der Waals surface area contributed by atoms with E-state index in [1.54, 1.807) is 29.7 Å². The van der Waals surface area contributed by atoms with Crippen LogP contribution in [-0.4, -0.2) is 48.9 Å². The van der Waals surface area contributed by atoms with Gasteiger partial charge in [-0.2, -0.15) is 4.73 Å². The van der Waals surface area contributed by atoms with Crippen LogP contribution in [0.3, 0.4) is 0 Å². The fraction of sp³-hybridized carbons (Fsp3) is 0.296. The van der Waals surface area contributed by atoms with Crippen LogP contribution < -0.4 is 14.4 Å². The Morgan fingerprint density at radius 1 is 1.14 bits per heavy atom. The van der Waals surface area contributed by atoms with E-state index >= 15 is 4.39 Å². The number of carbonyl (C=O) groups is 2. The van der Waals surface area contributed by atoms with E-state index in [9.17, 15) is 14.8 Å². The van der Waals surface area contributed by atoms with Crippen LogP contribution >= 0.6 is 15.9 Å². The van der Waals surface area contributed by atoms with E-state index < -0.39 is 5.82 Å². The third-order valence-corrected chi connectivity index (χ3v) is 6.50. The maximum atomic E-state index is 15.5. The van der Waals surface area contributed by atoms with E-state index in [1.165, 1.54) is 31.3 Å². The van der Waals surface area contributed by atoms with Gasteiger partial charge < -0.3 is 19.7 Å². The molecule has 0 N–H and O–H groups in total. The Hall–Kier alpha value is -3.46. The van der Waals surface area contributed by atoms with Crippen molar-refractivity contribution in [2.24, 2.45) is 0 Å². The SMILES string of the molecule is CC(=O)N1CCN(c2c(F)cc3cc(C(=O)C=Cc4ccc(Br)cc4)c[n+]([O-])c3c2OC(C)C)CC1. The van der Waals surface area contributed by atoms with Gasteiger partial charge in [-0.25, -0.2) is 4.39 Å². The number of nitrogens with zero attached hydrogens (tertiary/aromatic N) is 3. The van der Waals surface area contributed by atoms with E-state index in [2.05, 4.69) is 15.9 Å². The number of carbonyl (C=O) groups excluding carboxylic acids is 2. The average Bonchev–Trinajstić information content (AvgIpc) is 2.83. The van der Waals surface area contributed by atoms with Gasteiger partial charge in [-0.15, -0.1) is 0 Å². The van der Waals surface area contributed by atoms with Crippen molar-refractivity contribution in [3.8, 4) is 5.75 Å². The number of ether oxygens (including phenoxy) is 1. The van der Waals surface area contributed by atoms with Crippen LogP contribution in [-0.2, 0) is 4.79 Å². The van der Waals surface area contributed by atoms with Gasteiger partial charge in [-0.05, 0) is 49.8 Å². The number of halogens is 2. The number of rotatable bonds is 6. The largest absolute Gasteiger partial charge is 0.618 e. The number of pyridine rings is 1. The molecule has 7 nitrogen and oxygen atoms in total. The van der Waals surface area contributed by atoms with Gasteiger partial charge in [0.05, 0.1) is 17.1 Å². The van der Waals surface area contributed by atoms with E-state index in [-0.39, 0.29) is 45.7 Å². The third-order valence-electron chi connectivity index (χ3n) is 5.98. The molecule has 36 heavy (non-hydrogen) atoms. The molecule has 0 atom stereocenters. The number of amides is 1. The number of anilines is 1. The van der Waals surface area contributed by atoms with Crippen LogP contribution in [0.5, 0.6) is 5.75 Å².